The largest absolute Gasteiger partial charge is 0.378 e. The lowest BCUT2D eigenvalue weighted by Gasteiger charge is -2.57. The Morgan fingerprint density at radius 2 is 1.70 bits per heavy atom. The predicted molar refractivity (Wildman–Crippen MR) is 83.4 cm³/mol. The van der Waals surface area contributed by atoms with E-state index in [1.807, 2.05) is 12.1 Å². The van der Waals surface area contributed by atoms with Gasteiger partial charge >= 0.3 is 0 Å². The molecule has 20 heavy (non-hydrogen) atoms. The number of nitrogens with one attached hydrogen (secondary N) is 1. The molecule has 5 rings (SSSR count). The smallest absolute Gasteiger partial charge is 0.101 e. The Labute approximate surface area is 128 Å². The summed E-state index contributed by atoms with van der Waals surface area (Å²) in [4.78, 5) is 0. The third-order valence-corrected chi connectivity index (χ3v) is 6.03. The first-order valence-corrected chi connectivity index (χ1v) is 8.43. The number of benzene rings is 1. The van der Waals surface area contributed by atoms with E-state index in [4.69, 9.17) is 0 Å². The van der Waals surface area contributed by atoms with Gasteiger partial charge in [-0.3, -0.25) is 0 Å². The van der Waals surface area contributed by atoms with Gasteiger partial charge in [0.25, 0.3) is 0 Å². The van der Waals surface area contributed by atoms with Gasteiger partial charge in [0.05, 0.1) is 11.3 Å². The maximum Gasteiger partial charge on any atom is 0.101 e. The zero-order chi connectivity index (χ0) is 13.7. The van der Waals surface area contributed by atoms with Crippen LogP contribution in [0.1, 0.15) is 44.1 Å². The fourth-order valence-corrected chi connectivity index (χ4v) is 5.63. The summed E-state index contributed by atoms with van der Waals surface area (Å²) < 4.78 is 1.05. The lowest BCUT2D eigenvalue weighted by molar-refractivity contribution is 0.0107. The van der Waals surface area contributed by atoms with Crippen molar-refractivity contribution in [2.75, 3.05) is 5.32 Å². The molecule has 0 saturated heterocycles. The summed E-state index contributed by atoms with van der Waals surface area (Å²) in [6, 6.07) is 8.25. The van der Waals surface area contributed by atoms with E-state index in [9.17, 15) is 5.26 Å². The lowest BCUT2D eigenvalue weighted by Crippen LogP contribution is -2.54. The molecule has 104 valence electrons. The van der Waals surface area contributed by atoms with Gasteiger partial charge in [-0.15, -0.1) is 0 Å². The van der Waals surface area contributed by atoms with Crippen molar-refractivity contribution in [1.29, 1.82) is 5.26 Å². The highest BCUT2D eigenvalue weighted by Gasteiger charge is 2.51. The Kier molecular flexibility index (Phi) is 2.86. The van der Waals surface area contributed by atoms with E-state index >= 15 is 0 Å². The van der Waals surface area contributed by atoms with Crippen LogP contribution in [-0.4, -0.2) is 5.54 Å². The zero-order valence-corrected chi connectivity index (χ0v) is 13.1. The standard InChI is InChI=1S/C17H19BrN2/c18-15-2-1-14(10-19)16(6-15)20-17-7-11-3-12(8-17)5-13(4-11)9-17/h1-2,6,11-13,20H,3-5,7-9H2. The summed E-state index contributed by atoms with van der Waals surface area (Å²) in [6.45, 7) is 0. The second-order valence-corrected chi connectivity index (χ2v) is 8.04. The van der Waals surface area contributed by atoms with Gasteiger partial charge in [-0.2, -0.15) is 5.26 Å². The van der Waals surface area contributed by atoms with E-state index < -0.39 is 0 Å². The highest BCUT2D eigenvalue weighted by molar-refractivity contribution is 9.10. The molecule has 0 atom stereocenters. The third kappa shape index (κ3) is 2.05. The van der Waals surface area contributed by atoms with E-state index in [0.717, 1.165) is 33.5 Å². The van der Waals surface area contributed by atoms with E-state index in [2.05, 4.69) is 33.4 Å². The first kappa shape index (κ1) is 12.7. The van der Waals surface area contributed by atoms with Gasteiger partial charge in [0.2, 0.25) is 0 Å². The number of nitriles is 1. The Bertz CT molecular complexity index is 552. The topological polar surface area (TPSA) is 35.8 Å². The minimum atomic E-state index is 0.265. The highest BCUT2D eigenvalue weighted by atomic mass is 79.9. The SMILES string of the molecule is N#Cc1ccc(Br)cc1NC12CC3CC(CC(C3)C1)C2. The van der Waals surface area contributed by atoms with Crippen LogP contribution < -0.4 is 5.32 Å². The quantitative estimate of drug-likeness (QED) is 0.852. The van der Waals surface area contributed by atoms with Gasteiger partial charge in [-0.25, -0.2) is 0 Å². The number of nitrogens with zero attached hydrogens (tertiary/aromatic N) is 1. The molecule has 0 spiro atoms. The number of halogens is 1. The molecule has 0 radical (unpaired) electrons. The Hall–Kier alpha value is -1.01. The van der Waals surface area contributed by atoms with E-state index in [0.29, 0.717) is 0 Å². The molecule has 0 amide bonds. The average molecular weight is 331 g/mol. The van der Waals surface area contributed by atoms with Crippen LogP contribution in [0.2, 0.25) is 0 Å². The highest BCUT2D eigenvalue weighted by Crippen LogP contribution is 2.56. The lowest BCUT2D eigenvalue weighted by atomic mass is 9.53. The van der Waals surface area contributed by atoms with Crippen molar-refractivity contribution in [2.24, 2.45) is 17.8 Å². The summed E-state index contributed by atoms with van der Waals surface area (Å²) in [6.07, 6.45) is 8.25. The van der Waals surface area contributed by atoms with Crippen molar-refractivity contribution in [3.63, 3.8) is 0 Å². The average Bonchev–Trinajstić information content (AvgIpc) is 2.36. The van der Waals surface area contributed by atoms with Gasteiger partial charge in [-0.05, 0) is 74.5 Å². The van der Waals surface area contributed by atoms with E-state index in [-0.39, 0.29) is 5.54 Å². The van der Waals surface area contributed by atoms with Crippen LogP contribution in [0.5, 0.6) is 0 Å². The van der Waals surface area contributed by atoms with Crippen LogP contribution in [-0.2, 0) is 0 Å². The van der Waals surface area contributed by atoms with Crippen molar-refractivity contribution in [3.05, 3.63) is 28.2 Å². The first-order chi connectivity index (χ1) is 9.66. The molecule has 0 unspecified atom stereocenters. The molecule has 4 aliphatic carbocycles. The molecule has 1 aromatic rings. The molecule has 0 heterocycles. The molecule has 4 fully saturated rings. The normalized spacial score (nSPS) is 37.7. The Balaban J connectivity index is 1.66. The zero-order valence-electron chi connectivity index (χ0n) is 11.5. The van der Waals surface area contributed by atoms with E-state index in [1.54, 1.807) is 0 Å². The summed E-state index contributed by atoms with van der Waals surface area (Å²) >= 11 is 3.53. The summed E-state index contributed by atoms with van der Waals surface area (Å²) in [5, 5.41) is 13.1. The minimum absolute atomic E-state index is 0.265. The van der Waals surface area contributed by atoms with Gasteiger partial charge in [0, 0.05) is 10.0 Å². The molecular weight excluding hydrogens is 312 g/mol. The fraction of sp³-hybridized carbons (Fsp3) is 0.588. The number of hydrogen-bond donors (Lipinski definition) is 1. The van der Waals surface area contributed by atoms with Crippen LogP contribution in [0.25, 0.3) is 0 Å². The number of anilines is 1. The van der Waals surface area contributed by atoms with Gasteiger partial charge < -0.3 is 5.32 Å². The van der Waals surface area contributed by atoms with Crippen LogP contribution in [0.4, 0.5) is 5.69 Å². The van der Waals surface area contributed by atoms with Crippen LogP contribution in [0.15, 0.2) is 22.7 Å². The molecule has 4 saturated carbocycles. The monoisotopic (exact) mass is 330 g/mol. The molecule has 4 aliphatic rings. The molecule has 4 bridgehead atoms. The van der Waals surface area contributed by atoms with Gasteiger partial charge in [0.1, 0.15) is 6.07 Å². The molecule has 1 aromatic carbocycles. The fourth-order valence-electron chi connectivity index (χ4n) is 5.27. The van der Waals surface area contributed by atoms with Crippen molar-refractivity contribution in [1.82, 2.24) is 0 Å². The number of rotatable bonds is 2. The molecular formula is C17H19BrN2. The van der Waals surface area contributed by atoms with Crippen molar-refractivity contribution in [3.8, 4) is 6.07 Å². The Morgan fingerprint density at radius 3 is 2.25 bits per heavy atom. The number of hydrogen-bond acceptors (Lipinski definition) is 2. The van der Waals surface area contributed by atoms with Crippen LogP contribution in [0.3, 0.4) is 0 Å². The molecule has 3 heteroatoms. The molecule has 2 nitrogen and oxygen atoms in total. The minimum Gasteiger partial charge on any atom is -0.378 e. The van der Waals surface area contributed by atoms with E-state index in [1.165, 1.54) is 38.5 Å². The van der Waals surface area contributed by atoms with Crippen LogP contribution in [0, 0.1) is 29.1 Å². The first-order valence-electron chi connectivity index (χ1n) is 7.64. The van der Waals surface area contributed by atoms with Crippen LogP contribution >= 0.6 is 15.9 Å². The second kappa shape index (κ2) is 4.49. The van der Waals surface area contributed by atoms with Gasteiger partial charge in [-0.1, -0.05) is 15.9 Å². The second-order valence-electron chi connectivity index (χ2n) is 7.12. The summed E-state index contributed by atoms with van der Waals surface area (Å²) in [5.41, 5.74) is 2.05. The third-order valence-electron chi connectivity index (χ3n) is 5.54. The maximum absolute atomic E-state index is 9.32. The summed E-state index contributed by atoms with van der Waals surface area (Å²) in [7, 11) is 0. The maximum atomic E-state index is 9.32. The Morgan fingerprint density at radius 1 is 1.10 bits per heavy atom. The van der Waals surface area contributed by atoms with Crippen molar-refractivity contribution >= 4 is 21.6 Å². The predicted octanol–water partition coefficient (Wildman–Crippen LogP) is 4.70. The molecule has 0 aromatic heterocycles. The molecule has 1 N–H and O–H groups in total. The summed E-state index contributed by atoms with van der Waals surface area (Å²) in [5.74, 6) is 2.77. The van der Waals surface area contributed by atoms with Crippen molar-refractivity contribution in [2.45, 2.75) is 44.1 Å². The van der Waals surface area contributed by atoms with Gasteiger partial charge in [0.15, 0.2) is 0 Å². The molecule has 0 aliphatic heterocycles. The van der Waals surface area contributed by atoms with Crippen molar-refractivity contribution < 1.29 is 0 Å².